The van der Waals surface area contributed by atoms with Crippen LogP contribution in [0, 0.1) is 21.0 Å². The van der Waals surface area contributed by atoms with Crippen LogP contribution in [0.1, 0.15) is 32.6 Å². The van der Waals surface area contributed by atoms with Crippen LogP contribution < -0.4 is 154 Å². The van der Waals surface area contributed by atoms with Crippen molar-refractivity contribution in [2.24, 2.45) is 0 Å². The summed E-state index contributed by atoms with van der Waals surface area (Å²) >= 11 is 22.7. The number of aromatic nitrogens is 5. The van der Waals surface area contributed by atoms with E-state index < -0.39 is 0 Å². The summed E-state index contributed by atoms with van der Waals surface area (Å²) in [5.41, 5.74) is 14.5. The van der Waals surface area contributed by atoms with Gasteiger partial charge in [-0.05, 0) is 164 Å². The van der Waals surface area contributed by atoms with Gasteiger partial charge in [0.25, 0.3) is 6.47 Å². The molecule has 0 spiro atoms. The number of nitrogens with one attached hydrogen (secondary N) is 1. The molecule has 62 heavy (non-hydrogen) atoms. The Bertz CT molecular complexity index is 2850. The summed E-state index contributed by atoms with van der Waals surface area (Å²) in [4.78, 5) is 29.7. The van der Waals surface area contributed by atoms with Crippen LogP contribution in [0.25, 0.3) is 60.3 Å². The number of imidazole rings is 1. The van der Waals surface area contributed by atoms with E-state index >= 15 is 0 Å². The Morgan fingerprint density at radius 3 is 1.81 bits per heavy atom. The van der Waals surface area contributed by atoms with Crippen molar-refractivity contribution < 1.29 is 167 Å². The van der Waals surface area contributed by atoms with Gasteiger partial charge in [-0.1, -0.05) is 60.8 Å². The number of hydrogen-bond donors (Lipinski definition) is 2. The van der Waals surface area contributed by atoms with E-state index in [2.05, 4.69) is 114 Å². The first kappa shape index (κ1) is 59.0. The smallest absolute Gasteiger partial charge is 1.00 e. The van der Waals surface area contributed by atoms with Gasteiger partial charge in [0.05, 0.1) is 33.1 Å². The number of nitrogen functional groups attached to an aromatic ring is 1. The minimum atomic E-state index is -0.181. The van der Waals surface area contributed by atoms with Crippen molar-refractivity contribution in [2.75, 3.05) is 19.3 Å². The van der Waals surface area contributed by atoms with Crippen molar-refractivity contribution >= 4 is 161 Å². The fourth-order valence-electron chi connectivity index (χ4n) is 6.03. The summed E-state index contributed by atoms with van der Waals surface area (Å²) in [6.45, 7) is 7.14. The standard InChI is InChI=1S/C19H12ClN3.C13H10ClN3.C6H4I2.C5H13N.CH2O3.2Cs.Cu.HI.H/c1-11-6-8-14-18(21-11)13-9-7-12(20)10-17(13)23-16-5-3-2-4-15(16)22-19(14)23;1-7-2-4-10-12(16-7)9-5-3-8(14)6-11(9)17-13(10)15;7-5-3-1-2-4-6(5)8;1-3-4-5-6-2;2-1-4-3;;;;;/h2-10H,1H3;2-6H,1H3,(H2,15,17);1-4H;6H,3-5H2,1-2H3;1,3H;;;;1H;/q;;;;;3*+1;;-1/p-2. The number of halogens is 5. The molecule has 0 aliphatic heterocycles. The molecular formula is C44H41Cl2Cs2CuI3N7O3. The minimum absolute atomic E-state index is 0. The number of aryl methyl sites for hydroxylation is 2. The van der Waals surface area contributed by atoms with Gasteiger partial charge in [0.15, 0.2) is 0 Å². The Kier molecular flexibility index (Phi) is 29.6. The number of unbranched alkanes of at least 4 members (excludes halogenated alkanes) is 1. The second-order valence-corrected chi connectivity index (χ2v) is 16.0. The Morgan fingerprint density at radius 1 is 0.742 bits per heavy atom. The summed E-state index contributed by atoms with van der Waals surface area (Å²) in [5, 5.41) is 16.9. The molecule has 0 saturated carbocycles. The third kappa shape index (κ3) is 16.6. The summed E-state index contributed by atoms with van der Waals surface area (Å²) in [6, 6.07) is 36.0. The maximum atomic E-state index is 8.64. The molecule has 18 heteroatoms. The average Bonchev–Trinajstić information content (AvgIpc) is 3.65. The van der Waals surface area contributed by atoms with Gasteiger partial charge in [-0.2, -0.15) is 0 Å². The molecule has 10 nitrogen and oxygen atoms in total. The number of carbonyl (C=O) groups is 1. The molecule has 318 valence electrons. The van der Waals surface area contributed by atoms with Crippen molar-refractivity contribution in [1.82, 2.24) is 29.7 Å². The molecule has 0 amide bonds. The predicted molar refractivity (Wildman–Crippen MR) is 269 cm³/mol. The predicted octanol–water partition coefficient (Wildman–Crippen LogP) is 5.82. The van der Waals surface area contributed by atoms with Crippen LogP contribution in [0.4, 0.5) is 5.82 Å². The van der Waals surface area contributed by atoms with E-state index in [4.69, 9.17) is 49.0 Å². The zero-order chi connectivity index (χ0) is 43.8. The maximum Gasteiger partial charge on any atom is -1.00 e. The van der Waals surface area contributed by atoms with Gasteiger partial charge in [0.2, 0.25) is 0 Å². The van der Waals surface area contributed by atoms with Gasteiger partial charge in [-0.15, -0.1) is 0 Å². The number of rotatable bonds is 4. The van der Waals surface area contributed by atoms with Crippen molar-refractivity contribution in [3.63, 3.8) is 0 Å². The fourth-order valence-corrected chi connectivity index (χ4v) is 7.14. The molecule has 4 aromatic carbocycles. The van der Waals surface area contributed by atoms with Crippen molar-refractivity contribution in [2.45, 2.75) is 33.6 Å². The quantitative estimate of drug-likeness (QED) is 0.0425. The summed E-state index contributed by atoms with van der Waals surface area (Å²) < 4.78 is 4.83. The number of pyridine rings is 4. The number of fused-ring (bicyclic) bond motifs is 11. The number of carbonyl (C=O) groups excluding carboxylic acids is 1. The SMILES string of the molecule is CCCCNC.Cc1ccc2c(N)nc3cc(Cl)ccc3c2n1.Cc1ccc2c(n1)c1ccc(Cl)cc1n1c3ccccc3nc21.Ic1ccccc1I.O=CO[O-].[Cs+].[Cs+].[Cu][I].[H-]. The monoisotopic (exact) mass is 1490 g/mol. The molecule has 0 bridgehead atoms. The van der Waals surface area contributed by atoms with Gasteiger partial charge >= 0.3 is 171 Å². The molecule has 9 aromatic rings. The van der Waals surface area contributed by atoms with Gasteiger partial charge in [0, 0.05) is 50.1 Å². The molecular weight excluding hydrogens is 1460 g/mol. The van der Waals surface area contributed by atoms with Gasteiger partial charge in [-0.3, -0.25) is 19.2 Å². The van der Waals surface area contributed by atoms with E-state index in [1.54, 1.807) is 26.4 Å². The van der Waals surface area contributed by atoms with Gasteiger partial charge in [0.1, 0.15) is 11.5 Å². The molecule has 0 atom stereocenters. The van der Waals surface area contributed by atoms with Crippen LogP contribution in [0.3, 0.4) is 0 Å². The second-order valence-electron chi connectivity index (χ2n) is 12.8. The van der Waals surface area contributed by atoms with E-state index in [-0.39, 0.29) is 146 Å². The van der Waals surface area contributed by atoms with Crippen molar-refractivity contribution in [3.05, 3.63) is 138 Å². The largest absolute Gasteiger partial charge is 1.00 e. The van der Waals surface area contributed by atoms with Crippen LogP contribution in [-0.4, -0.2) is 44.4 Å². The molecule has 5 aromatic heterocycles. The molecule has 0 aliphatic rings. The van der Waals surface area contributed by atoms with Gasteiger partial charge < -0.3 is 22.6 Å². The molecule has 0 radical (unpaired) electrons. The summed E-state index contributed by atoms with van der Waals surface area (Å²) in [6.07, 6.45) is 2.59. The first-order chi connectivity index (χ1) is 29.0. The zero-order valence-corrected chi connectivity index (χ0v) is 56.3. The Labute approximate surface area is 537 Å². The normalized spacial score (nSPS) is 10.0. The Hall–Kier alpha value is 0.903. The van der Waals surface area contributed by atoms with Crippen LogP contribution in [-0.2, 0) is 22.4 Å². The summed E-state index contributed by atoms with van der Waals surface area (Å²) in [7, 11) is 1.98. The Balaban J connectivity index is 0.000000437. The van der Waals surface area contributed by atoms with Crippen molar-refractivity contribution in [1.29, 1.82) is 0 Å². The number of para-hydroxylation sites is 2. The summed E-state index contributed by atoms with van der Waals surface area (Å²) in [5.74, 6) is 0.488. The first-order valence-electron chi connectivity index (χ1n) is 18.3. The molecule has 0 aliphatic carbocycles. The van der Waals surface area contributed by atoms with E-state index in [0.717, 1.165) is 78.2 Å². The van der Waals surface area contributed by atoms with E-state index in [1.807, 2.05) is 99.8 Å². The van der Waals surface area contributed by atoms with Crippen LogP contribution in [0.15, 0.2) is 109 Å². The third-order valence-corrected chi connectivity index (χ3v) is 12.1. The van der Waals surface area contributed by atoms with Gasteiger partial charge in [-0.25, -0.2) is 9.97 Å². The molecule has 0 unspecified atom stereocenters. The second kappa shape index (κ2) is 31.1. The van der Waals surface area contributed by atoms with Crippen LogP contribution in [0.2, 0.25) is 10.0 Å². The number of nitrogens with zero attached hydrogens (tertiary/aromatic N) is 5. The topological polar surface area (TPSA) is 143 Å². The van der Waals surface area contributed by atoms with E-state index in [9.17, 15) is 0 Å². The van der Waals surface area contributed by atoms with Crippen LogP contribution >= 0.6 is 88.7 Å². The fraction of sp³-hybridized carbons (Fsp3) is 0.159. The average molecular weight is 1500 g/mol. The molecule has 3 N–H and O–H groups in total. The van der Waals surface area contributed by atoms with Crippen molar-refractivity contribution in [3.8, 4) is 0 Å². The molecule has 5 heterocycles. The molecule has 0 saturated heterocycles. The molecule has 9 rings (SSSR count). The third-order valence-electron chi connectivity index (χ3n) is 8.70. The number of hydrogen-bond acceptors (Lipinski definition) is 9. The number of benzene rings is 4. The van der Waals surface area contributed by atoms with Crippen LogP contribution in [0.5, 0.6) is 0 Å². The number of nitrogens with two attached hydrogens (primary N) is 1. The number of anilines is 1. The minimum Gasteiger partial charge on any atom is -1.00 e. The zero-order valence-electron chi connectivity index (χ0n) is 35.8. The Morgan fingerprint density at radius 2 is 1.26 bits per heavy atom. The molecule has 0 fully saturated rings. The van der Waals surface area contributed by atoms with E-state index in [0.29, 0.717) is 15.9 Å². The maximum absolute atomic E-state index is 8.64. The first-order valence-corrected chi connectivity index (χ1v) is 24.2. The van der Waals surface area contributed by atoms with E-state index in [1.165, 1.54) is 20.0 Å².